The van der Waals surface area contributed by atoms with Crippen LogP contribution < -0.4 is 11.2 Å². The van der Waals surface area contributed by atoms with Gasteiger partial charge in [-0.1, -0.05) is 0 Å². The van der Waals surface area contributed by atoms with Crippen LogP contribution in [0, 0.1) is 0 Å². The normalized spacial score (nSPS) is 19.7. The van der Waals surface area contributed by atoms with Gasteiger partial charge < -0.3 is 15.6 Å². The number of hydrazine groups is 1. The van der Waals surface area contributed by atoms with Gasteiger partial charge in [-0.15, -0.1) is 0 Å². The van der Waals surface area contributed by atoms with Crippen molar-refractivity contribution in [3.8, 4) is 0 Å². The lowest BCUT2D eigenvalue weighted by Gasteiger charge is -2.32. The molecule has 116 valence electrons. The van der Waals surface area contributed by atoms with Crippen LogP contribution in [0.4, 0.5) is 0 Å². The van der Waals surface area contributed by atoms with Gasteiger partial charge in [0, 0.05) is 13.0 Å². The van der Waals surface area contributed by atoms with Gasteiger partial charge >= 0.3 is 11.9 Å². The molecule has 0 spiro atoms. The van der Waals surface area contributed by atoms with E-state index in [4.69, 9.17) is 10.8 Å². The van der Waals surface area contributed by atoms with E-state index in [1.54, 1.807) is 0 Å². The Morgan fingerprint density at radius 3 is 2.70 bits per heavy atom. The molecule has 4 N–H and O–H groups in total. The van der Waals surface area contributed by atoms with Crippen LogP contribution in [0.5, 0.6) is 0 Å². The Morgan fingerprint density at radius 1 is 1.50 bits per heavy atom. The number of carbonyl (C=O) groups is 3. The number of methoxy groups -OCH3 is 1. The standard InChI is InChI=1S/C11H19N3O5.H2S/c1-19-11(18)8-3-2-6-14(13-8)9(15)5-4-7(12)10(16)17;/h7-8,13H,2-6,12H2,1H3,(H,16,17);1H2/t7-,8?;/m0./s1. The minimum atomic E-state index is -1.13. The second kappa shape index (κ2) is 8.77. The Morgan fingerprint density at radius 2 is 2.15 bits per heavy atom. The van der Waals surface area contributed by atoms with Crippen molar-refractivity contribution in [2.75, 3.05) is 13.7 Å². The summed E-state index contributed by atoms with van der Waals surface area (Å²) in [6, 6.07) is -1.58. The summed E-state index contributed by atoms with van der Waals surface area (Å²) in [7, 11) is 1.29. The monoisotopic (exact) mass is 307 g/mol. The second-order valence-corrected chi connectivity index (χ2v) is 4.38. The molecule has 1 unspecified atom stereocenters. The van der Waals surface area contributed by atoms with Crippen LogP contribution in [0.25, 0.3) is 0 Å². The molecule has 1 aliphatic heterocycles. The quantitative estimate of drug-likeness (QED) is 0.554. The molecule has 8 nitrogen and oxygen atoms in total. The summed E-state index contributed by atoms with van der Waals surface area (Å²) in [6.07, 6.45) is 1.37. The molecule has 0 aliphatic carbocycles. The molecule has 0 aromatic rings. The summed E-state index contributed by atoms with van der Waals surface area (Å²) < 4.78 is 4.61. The Labute approximate surface area is 124 Å². The fourth-order valence-corrected chi connectivity index (χ4v) is 1.82. The number of carboxylic acid groups (broad SMARTS) is 1. The highest BCUT2D eigenvalue weighted by Gasteiger charge is 2.28. The summed E-state index contributed by atoms with van der Waals surface area (Å²) in [5, 5.41) is 9.96. The Kier molecular flexibility index (Phi) is 8.19. The van der Waals surface area contributed by atoms with E-state index in [1.807, 2.05) is 0 Å². The van der Waals surface area contributed by atoms with Gasteiger partial charge in [-0.2, -0.15) is 13.5 Å². The van der Waals surface area contributed by atoms with E-state index in [9.17, 15) is 14.4 Å². The number of hydrogen-bond donors (Lipinski definition) is 3. The molecule has 0 aromatic carbocycles. The van der Waals surface area contributed by atoms with Crippen molar-refractivity contribution < 1.29 is 24.2 Å². The van der Waals surface area contributed by atoms with Crippen molar-refractivity contribution in [3.63, 3.8) is 0 Å². The Bertz CT molecular complexity index is 366. The fourth-order valence-electron chi connectivity index (χ4n) is 1.82. The zero-order valence-electron chi connectivity index (χ0n) is 11.3. The molecule has 1 saturated heterocycles. The molecule has 1 rings (SSSR count). The molecule has 1 heterocycles. The molecular formula is C11H21N3O5S. The van der Waals surface area contributed by atoms with E-state index in [2.05, 4.69) is 10.2 Å². The van der Waals surface area contributed by atoms with Gasteiger partial charge in [-0.25, -0.2) is 5.43 Å². The van der Waals surface area contributed by atoms with Gasteiger partial charge in [0.1, 0.15) is 12.1 Å². The lowest BCUT2D eigenvalue weighted by Crippen LogP contribution is -2.55. The van der Waals surface area contributed by atoms with Crippen LogP contribution in [0.15, 0.2) is 0 Å². The largest absolute Gasteiger partial charge is 0.480 e. The van der Waals surface area contributed by atoms with Crippen LogP contribution in [0.1, 0.15) is 25.7 Å². The number of nitrogens with zero attached hydrogens (tertiary/aromatic N) is 1. The first-order valence-electron chi connectivity index (χ1n) is 6.08. The molecule has 0 aromatic heterocycles. The molecular weight excluding hydrogens is 286 g/mol. The first kappa shape index (κ1) is 18.7. The van der Waals surface area contributed by atoms with Crippen molar-refractivity contribution in [2.45, 2.75) is 37.8 Å². The van der Waals surface area contributed by atoms with Crippen molar-refractivity contribution in [3.05, 3.63) is 0 Å². The van der Waals surface area contributed by atoms with E-state index in [1.165, 1.54) is 12.1 Å². The van der Waals surface area contributed by atoms with Gasteiger partial charge in [0.15, 0.2) is 0 Å². The number of hydrogen-bond acceptors (Lipinski definition) is 6. The average molecular weight is 307 g/mol. The maximum atomic E-state index is 11.8. The van der Waals surface area contributed by atoms with Gasteiger partial charge in [-0.3, -0.25) is 19.4 Å². The van der Waals surface area contributed by atoms with E-state index in [0.29, 0.717) is 19.4 Å². The van der Waals surface area contributed by atoms with E-state index < -0.39 is 24.0 Å². The first-order valence-corrected chi connectivity index (χ1v) is 6.08. The zero-order valence-corrected chi connectivity index (χ0v) is 12.3. The van der Waals surface area contributed by atoms with Crippen LogP contribution >= 0.6 is 13.5 Å². The number of rotatable bonds is 5. The summed E-state index contributed by atoms with van der Waals surface area (Å²) in [6.45, 7) is 0.481. The third-order valence-corrected chi connectivity index (χ3v) is 2.96. The lowest BCUT2D eigenvalue weighted by molar-refractivity contribution is -0.149. The zero-order chi connectivity index (χ0) is 14.4. The maximum absolute atomic E-state index is 11.8. The number of nitrogens with two attached hydrogens (primary N) is 1. The van der Waals surface area contributed by atoms with Gasteiger partial charge in [-0.05, 0) is 19.3 Å². The molecule has 20 heavy (non-hydrogen) atoms. The number of amides is 1. The number of ether oxygens (including phenoxy) is 1. The van der Waals surface area contributed by atoms with E-state index >= 15 is 0 Å². The predicted molar refractivity (Wildman–Crippen MR) is 75.1 cm³/mol. The van der Waals surface area contributed by atoms with E-state index in [0.717, 1.165) is 0 Å². The number of nitrogens with one attached hydrogen (secondary N) is 1. The molecule has 0 bridgehead atoms. The summed E-state index contributed by atoms with van der Waals surface area (Å²) in [4.78, 5) is 33.8. The number of aliphatic carboxylic acids is 1. The lowest BCUT2D eigenvalue weighted by atomic mass is 10.1. The highest BCUT2D eigenvalue weighted by atomic mass is 32.1. The van der Waals surface area contributed by atoms with E-state index in [-0.39, 0.29) is 32.2 Å². The Balaban J connectivity index is 0.00000361. The third-order valence-electron chi connectivity index (χ3n) is 2.96. The summed E-state index contributed by atoms with van der Waals surface area (Å²) >= 11 is 0. The maximum Gasteiger partial charge on any atom is 0.324 e. The SMILES string of the molecule is COC(=O)C1CCCN(C(=O)CC[C@H](N)C(=O)O)N1.S. The number of carbonyl (C=O) groups excluding carboxylic acids is 2. The van der Waals surface area contributed by atoms with Gasteiger partial charge in [0.05, 0.1) is 7.11 Å². The smallest absolute Gasteiger partial charge is 0.324 e. The molecule has 0 saturated carbocycles. The topological polar surface area (TPSA) is 122 Å². The van der Waals surface area contributed by atoms with Crippen LogP contribution in [0.3, 0.4) is 0 Å². The summed E-state index contributed by atoms with van der Waals surface area (Å²) in [5.74, 6) is -1.82. The van der Waals surface area contributed by atoms with Gasteiger partial charge in [0.25, 0.3) is 0 Å². The van der Waals surface area contributed by atoms with Crippen molar-refractivity contribution >= 4 is 31.3 Å². The number of esters is 1. The van der Waals surface area contributed by atoms with Crippen molar-refractivity contribution in [2.24, 2.45) is 5.73 Å². The van der Waals surface area contributed by atoms with Crippen molar-refractivity contribution in [1.82, 2.24) is 10.4 Å². The highest BCUT2D eigenvalue weighted by Crippen LogP contribution is 2.10. The minimum Gasteiger partial charge on any atom is -0.480 e. The molecule has 1 aliphatic rings. The first-order chi connectivity index (χ1) is 8.95. The van der Waals surface area contributed by atoms with Gasteiger partial charge in [0.2, 0.25) is 5.91 Å². The molecule has 2 atom stereocenters. The Hall–Kier alpha value is -1.32. The molecule has 0 radical (unpaired) electrons. The predicted octanol–water partition coefficient (Wildman–Crippen LogP) is -1.04. The van der Waals surface area contributed by atoms with Crippen LogP contribution in [-0.4, -0.2) is 53.7 Å². The fraction of sp³-hybridized carbons (Fsp3) is 0.727. The minimum absolute atomic E-state index is 0. The second-order valence-electron chi connectivity index (χ2n) is 4.38. The third kappa shape index (κ3) is 5.35. The van der Waals surface area contributed by atoms with Crippen LogP contribution in [0.2, 0.25) is 0 Å². The van der Waals surface area contributed by atoms with Crippen molar-refractivity contribution in [1.29, 1.82) is 0 Å². The molecule has 9 heteroatoms. The number of carboxylic acids is 1. The average Bonchev–Trinajstić information content (AvgIpc) is 2.43. The summed E-state index contributed by atoms with van der Waals surface area (Å²) in [5.41, 5.74) is 8.10. The van der Waals surface area contributed by atoms with Crippen LogP contribution in [-0.2, 0) is 19.1 Å². The highest BCUT2D eigenvalue weighted by molar-refractivity contribution is 7.59. The molecule has 1 fully saturated rings. The molecule has 1 amide bonds.